The molecule has 1 aromatic carbocycles. The average molecular weight is 253 g/mol. The lowest BCUT2D eigenvalue weighted by molar-refractivity contribution is -0.385. The maximum Gasteiger partial charge on any atom is 0.280 e. The van der Waals surface area contributed by atoms with Gasteiger partial charge in [-0.15, -0.1) is 0 Å². The summed E-state index contributed by atoms with van der Waals surface area (Å²) in [6.07, 6.45) is 1.19. The van der Waals surface area contributed by atoms with Crippen molar-refractivity contribution in [2.45, 2.75) is 0 Å². The van der Waals surface area contributed by atoms with Gasteiger partial charge in [0.05, 0.1) is 11.1 Å². The second-order valence-electron chi connectivity index (χ2n) is 3.10. The molecular formula is C9H5ClN4O3. The van der Waals surface area contributed by atoms with Crippen LogP contribution in [0, 0.1) is 10.1 Å². The Kier molecular flexibility index (Phi) is 2.84. The molecule has 1 N–H and O–H groups in total. The summed E-state index contributed by atoms with van der Waals surface area (Å²) in [7, 11) is 0. The van der Waals surface area contributed by atoms with Gasteiger partial charge in [-0.2, -0.15) is 15.4 Å². The number of hydrogen-bond acceptors (Lipinski definition) is 5. The maximum atomic E-state index is 11.9. The molecule has 0 aliphatic rings. The molecule has 0 fully saturated rings. The van der Waals surface area contributed by atoms with Gasteiger partial charge in [0.15, 0.2) is 5.69 Å². The van der Waals surface area contributed by atoms with Gasteiger partial charge < -0.3 is 0 Å². The predicted octanol–water partition coefficient (Wildman–Crippen LogP) is 1.60. The van der Waals surface area contributed by atoms with E-state index >= 15 is 0 Å². The quantitative estimate of drug-likeness (QED) is 0.508. The molecule has 0 unspecified atom stereocenters. The summed E-state index contributed by atoms with van der Waals surface area (Å²) in [6, 6.07) is 3.76. The third-order valence-corrected chi connectivity index (χ3v) is 2.28. The third kappa shape index (κ3) is 2.13. The summed E-state index contributed by atoms with van der Waals surface area (Å²) in [5, 5.41) is 20.3. The maximum absolute atomic E-state index is 11.9. The van der Waals surface area contributed by atoms with E-state index in [4.69, 9.17) is 11.6 Å². The molecule has 2 rings (SSSR count). The Bertz CT molecular complexity index is 582. The molecular weight excluding hydrogens is 248 g/mol. The number of nitrogens with one attached hydrogen (secondary N) is 1. The molecule has 0 saturated heterocycles. The number of aromatic nitrogens is 3. The first kappa shape index (κ1) is 11.2. The molecule has 86 valence electrons. The zero-order chi connectivity index (χ0) is 12.4. The standard InChI is InChI=1S/C9H5ClN4O3/c10-5-1-2-8(14(16)17)6(3-5)9(15)7-4-11-13-12-7/h1-4H,(H,11,12,13). The molecule has 1 aromatic heterocycles. The molecule has 1 heterocycles. The van der Waals surface area contributed by atoms with Crippen LogP contribution in [0.15, 0.2) is 24.4 Å². The second-order valence-corrected chi connectivity index (χ2v) is 3.54. The van der Waals surface area contributed by atoms with Gasteiger partial charge in [-0.05, 0) is 12.1 Å². The number of H-pyrrole nitrogens is 1. The topological polar surface area (TPSA) is 102 Å². The van der Waals surface area contributed by atoms with E-state index in [1.807, 2.05) is 0 Å². The number of rotatable bonds is 3. The number of halogens is 1. The Hall–Kier alpha value is -2.28. The summed E-state index contributed by atoms with van der Waals surface area (Å²) < 4.78 is 0. The largest absolute Gasteiger partial charge is 0.286 e. The van der Waals surface area contributed by atoms with Crippen LogP contribution in [0.25, 0.3) is 0 Å². The summed E-state index contributed by atoms with van der Waals surface area (Å²) in [5.41, 5.74) is -0.436. The SMILES string of the molecule is O=C(c1cn[nH]n1)c1cc(Cl)ccc1[N+](=O)[O-]. The number of carbonyl (C=O) groups excluding carboxylic acids is 1. The van der Waals surface area contributed by atoms with Crippen molar-refractivity contribution in [3.05, 3.63) is 50.8 Å². The number of benzene rings is 1. The lowest BCUT2D eigenvalue weighted by atomic mass is 10.1. The lowest BCUT2D eigenvalue weighted by Gasteiger charge is -2.00. The number of nitro groups is 1. The molecule has 0 aliphatic carbocycles. The molecule has 0 atom stereocenters. The van der Waals surface area contributed by atoms with E-state index in [-0.39, 0.29) is 22.0 Å². The Labute approximate surface area is 99.6 Å². The fourth-order valence-electron chi connectivity index (χ4n) is 1.30. The number of hydrogen-bond donors (Lipinski definition) is 1. The van der Waals surface area contributed by atoms with Crippen LogP contribution in [-0.2, 0) is 0 Å². The van der Waals surface area contributed by atoms with Crippen molar-refractivity contribution in [1.82, 2.24) is 15.4 Å². The van der Waals surface area contributed by atoms with E-state index in [2.05, 4.69) is 15.4 Å². The first-order valence-electron chi connectivity index (χ1n) is 4.44. The fourth-order valence-corrected chi connectivity index (χ4v) is 1.47. The Morgan fingerprint density at radius 2 is 2.24 bits per heavy atom. The molecule has 7 nitrogen and oxygen atoms in total. The smallest absolute Gasteiger partial charge is 0.280 e. The zero-order valence-electron chi connectivity index (χ0n) is 8.25. The van der Waals surface area contributed by atoms with Crippen molar-refractivity contribution < 1.29 is 9.72 Å². The van der Waals surface area contributed by atoms with Crippen LogP contribution in [0.5, 0.6) is 0 Å². The number of aromatic amines is 1. The lowest BCUT2D eigenvalue weighted by Crippen LogP contribution is -2.06. The first-order chi connectivity index (χ1) is 8.09. The van der Waals surface area contributed by atoms with Gasteiger partial charge in [0.2, 0.25) is 5.78 Å². The molecule has 0 aliphatic heterocycles. The minimum absolute atomic E-state index is 0.00429. The summed E-state index contributed by atoms with van der Waals surface area (Å²) in [4.78, 5) is 22.0. The second kappa shape index (κ2) is 4.30. The average Bonchev–Trinajstić information content (AvgIpc) is 2.80. The molecule has 0 amide bonds. The highest BCUT2D eigenvalue weighted by Gasteiger charge is 2.23. The van der Waals surface area contributed by atoms with Crippen molar-refractivity contribution in [3.63, 3.8) is 0 Å². The van der Waals surface area contributed by atoms with Gasteiger partial charge in [0.1, 0.15) is 5.56 Å². The van der Waals surface area contributed by atoms with Crippen LogP contribution in [0.1, 0.15) is 16.1 Å². The van der Waals surface area contributed by atoms with Crippen LogP contribution in [0.2, 0.25) is 5.02 Å². The van der Waals surface area contributed by atoms with Crippen LogP contribution < -0.4 is 0 Å². The first-order valence-corrected chi connectivity index (χ1v) is 4.82. The number of ketones is 1. The van der Waals surface area contributed by atoms with Crippen LogP contribution in [-0.4, -0.2) is 26.1 Å². The van der Waals surface area contributed by atoms with Gasteiger partial charge in [-0.1, -0.05) is 11.6 Å². The highest BCUT2D eigenvalue weighted by atomic mass is 35.5. The van der Waals surface area contributed by atoms with Crippen molar-refractivity contribution in [3.8, 4) is 0 Å². The molecule has 0 spiro atoms. The molecule has 0 radical (unpaired) electrons. The number of nitro benzene ring substituents is 1. The van der Waals surface area contributed by atoms with Gasteiger partial charge in [-0.3, -0.25) is 14.9 Å². The van der Waals surface area contributed by atoms with Crippen molar-refractivity contribution >= 4 is 23.1 Å². The van der Waals surface area contributed by atoms with Crippen LogP contribution in [0.4, 0.5) is 5.69 Å². The van der Waals surface area contributed by atoms with E-state index < -0.39 is 10.7 Å². The van der Waals surface area contributed by atoms with Gasteiger partial charge >= 0.3 is 0 Å². The summed E-state index contributed by atoms with van der Waals surface area (Å²) in [5.74, 6) is -0.604. The predicted molar refractivity (Wildman–Crippen MR) is 57.9 cm³/mol. The Morgan fingerprint density at radius 3 is 2.82 bits per heavy atom. The monoisotopic (exact) mass is 252 g/mol. The van der Waals surface area contributed by atoms with Gasteiger partial charge in [-0.25, -0.2) is 0 Å². The third-order valence-electron chi connectivity index (χ3n) is 2.05. The molecule has 0 saturated carbocycles. The number of carbonyl (C=O) groups is 1. The van der Waals surface area contributed by atoms with E-state index in [0.717, 1.165) is 0 Å². The fraction of sp³-hybridized carbons (Fsp3) is 0. The van der Waals surface area contributed by atoms with Crippen LogP contribution in [0.3, 0.4) is 0 Å². The van der Waals surface area contributed by atoms with Crippen molar-refractivity contribution in [2.75, 3.05) is 0 Å². The van der Waals surface area contributed by atoms with Gasteiger partial charge in [0, 0.05) is 11.1 Å². The summed E-state index contributed by atoms with van der Waals surface area (Å²) >= 11 is 5.71. The van der Waals surface area contributed by atoms with Gasteiger partial charge in [0.25, 0.3) is 5.69 Å². The van der Waals surface area contributed by atoms with E-state index in [1.165, 1.54) is 24.4 Å². The Balaban J connectivity index is 2.54. The highest BCUT2D eigenvalue weighted by molar-refractivity contribution is 6.31. The molecule has 2 aromatic rings. The van der Waals surface area contributed by atoms with E-state index in [0.29, 0.717) is 0 Å². The highest BCUT2D eigenvalue weighted by Crippen LogP contribution is 2.24. The van der Waals surface area contributed by atoms with Crippen LogP contribution >= 0.6 is 11.6 Å². The van der Waals surface area contributed by atoms with Crippen molar-refractivity contribution in [2.24, 2.45) is 0 Å². The summed E-state index contributed by atoms with van der Waals surface area (Å²) in [6.45, 7) is 0. The molecule has 17 heavy (non-hydrogen) atoms. The van der Waals surface area contributed by atoms with E-state index in [1.54, 1.807) is 0 Å². The van der Waals surface area contributed by atoms with E-state index in [9.17, 15) is 14.9 Å². The molecule has 8 heteroatoms. The minimum atomic E-state index is -0.649. The molecule has 0 bridgehead atoms. The number of nitrogens with zero attached hydrogens (tertiary/aromatic N) is 3. The Morgan fingerprint density at radius 1 is 1.47 bits per heavy atom. The minimum Gasteiger partial charge on any atom is -0.286 e. The normalized spacial score (nSPS) is 10.2. The van der Waals surface area contributed by atoms with Crippen molar-refractivity contribution in [1.29, 1.82) is 0 Å². The zero-order valence-corrected chi connectivity index (χ0v) is 9.01.